The van der Waals surface area contributed by atoms with E-state index in [1.165, 1.54) is 24.0 Å². The Labute approximate surface area is 163 Å². The maximum atomic E-state index is 10.3. The molecule has 0 aromatic heterocycles. The van der Waals surface area contributed by atoms with Gasteiger partial charge >= 0.3 is 0 Å². The third kappa shape index (κ3) is 5.50. The summed E-state index contributed by atoms with van der Waals surface area (Å²) >= 11 is 0. The van der Waals surface area contributed by atoms with Crippen LogP contribution in [0.25, 0.3) is 6.08 Å². The molecule has 2 N–H and O–H groups in total. The highest BCUT2D eigenvalue weighted by atomic mass is 16.3. The number of aryl methyl sites for hydroxylation is 1. The van der Waals surface area contributed by atoms with E-state index < -0.39 is 0 Å². The monoisotopic (exact) mass is 361 g/mol. The Hall–Kier alpha value is -2.48. The number of anilines is 2. The Bertz CT molecular complexity index is 804. The Morgan fingerprint density at radius 3 is 2.56 bits per heavy atom. The summed E-state index contributed by atoms with van der Waals surface area (Å²) < 4.78 is 0. The van der Waals surface area contributed by atoms with Crippen LogP contribution in [0.15, 0.2) is 60.7 Å². The van der Waals surface area contributed by atoms with E-state index in [0.717, 1.165) is 42.1 Å². The predicted octanol–water partition coefficient (Wildman–Crippen LogP) is 7.09. The summed E-state index contributed by atoms with van der Waals surface area (Å²) in [6.07, 6.45) is 9.73. The minimum atomic E-state index is 0.395. The van der Waals surface area contributed by atoms with Gasteiger partial charge in [-0.25, -0.2) is 0 Å². The van der Waals surface area contributed by atoms with Gasteiger partial charge in [-0.3, -0.25) is 0 Å². The first-order valence-electron chi connectivity index (χ1n) is 10.0. The molecule has 142 valence electrons. The summed E-state index contributed by atoms with van der Waals surface area (Å²) in [6.45, 7) is 8.54. The van der Waals surface area contributed by atoms with Gasteiger partial charge in [-0.15, -0.1) is 0 Å². The molecule has 2 nitrogen and oxygen atoms in total. The van der Waals surface area contributed by atoms with E-state index in [0.29, 0.717) is 11.7 Å². The Morgan fingerprint density at radius 2 is 1.85 bits per heavy atom. The summed E-state index contributed by atoms with van der Waals surface area (Å²) in [4.78, 5) is 0. The lowest BCUT2D eigenvalue weighted by Crippen LogP contribution is -2.15. The lowest BCUT2D eigenvalue weighted by molar-refractivity contribution is 0.320. The van der Waals surface area contributed by atoms with Crippen LogP contribution in [-0.4, -0.2) is 5.11 Å². The van der Waals surface area contributed by atoms with Crippen LogP contribution < -0.4 is 5.32 Å². The number of nitrogens with one attached hydrogen (secondary N) is 1. The molecule has 2 unspecified atom stereocenters. The second-order valence-corrected chi connectivity index (χ2v) is 7.99. The molecule has 0 bridgehead atoms. The zero-order chi connectivity index (χ0) is 19.2. The SMILES string of the molecule is C=C1CC(C)CC(CCc2cc(Nc3ccc(/C=C/C)cc3)ccc2O)C1. The third-order valence-electron chi connectivity index (χ3n) is 5.41. The fourth-order valence-electron chi connectivity index (χ4n) is 4.20. The Kier molecular flexibility index (Phi) is 6.39. The van der Waals surface area contributed by atoms with Gasteiger partial charge in [0.15, 0.2) is 0 Å². The van der Waals surface area contributed by atoms with Crippen molar-refractivity contribution in [1.82, 2.24) is 0 Å². The van der Waals surface area contributed by atoms with Crippen molar-refractivity contribution in [3.63, 3.8) is 0 Å². The van der Waals surface area contributed by atoms with Crippen molar-refractivity contribution in [2.45, 2.75) is 46.0 Å². The van der Waals surface area contributed by atoms with Crippen molar-refractivity contribution in [1.29, 1.82) is 0 Å². The van der Waals surface area contributed by atoms with Crippen molar-refractivity contribution in [3.8, 4) is 5.75 Å². The average Bonchev–Trinajstić information content (AvgIpc) is 2.63. The summed E-state index contributed by atoms with van der Waals surface area (Å²) in [5.74, 6) is 1.83. The number of aromatic hydroxyl groups is 1. The first-order chi connectivity index (χ1) is 13.0. The Balaban J connectivity index is 1.64. The van der Waals surface area contributed by atoms with Crippen LogP contribution in [0.3, 0.4) is 0 Å². The molecular weight excluding hydrogens is 330 g/mol. The zero-order valence-electron chi connectivity index (χ0n) is 16.5. The molecule has 0 radical (unpaired) electrons. The van der Waals surface area contributed by atoms with E-state index in [9.17, 15) is 5.11 Å². The van der Waals surface area contributed by atoms with Crippen molar-refractivity contribution < 1.29 is 5.11 Å². The predicted molar refractivity (Wildman–Crippen MR) is 117 cm³/mol. The second kappa shape index (κ2) is 8.94. The van der Waals surface area contributed by atoms with Crippen molar-refractivity contribution in [3.05, 3.63) is 71.8 Å². The first-order valence-corrected chi connectivity index (χ1v) is 10.0. The largest absolute Gasteiger partial charge is 0.508 e. The third-order valence-corrected chi connectivity index (χ3v) is 5.41. The molecule has 2 aromatic carbocycles. The van der Waals surface area contributed by atoms with Gasteiger partial charge in [-0.05, 0) is 92.3 Å². The number of phenols is 1. The average molecular weight is 362 g/mol. The minimum absolute atomic E-state index is 0.395. The van der Waals surface area contributed by atoms with Gasteiger partial charge in [-0.1, -0.05) is 43.4 Å². The van der Waals surface area contributed by atoms with Gasteiger partial charge in [0.1, 0.15) is 5.75 Å². The number of benzene rings is 2. The standard InChI is InChI=1S/C25H31NO/c1-4-5-20-7-10-23(11-8-20)26-24-12-13-25(27)22(17-24)9-6-21-15-18(2)14-19(3)16-21/h4-5,7-8,10-13,17,19,21,26-27H,2,6,9,14-16H2,1,3H3/b5-4+. The molecule has 2 atom stereocenters. The molecule has 2 aromatic rings. The molecule has 1 fully saturated rings. The highest BCUT2D eigenvalue weighted by Gasteiger charge is 2.21. The van der Waals surface area contributed by atoms with Crippen molar-refractivity contribution in [2.75, 3.05) is 5.32 Å². The van der Waals surface area contributed by atoms with Crippen LogP contribution in [0, 0.1) is 11.8 Å². The van der Waals surface area contributed by atoms with E-state index in [4.69, 9.17) is 0 Å². The zero-order valence-corrected chi connectivity index (χ0v) is 16.5. The van der Waals surface area contributed by atoms with Crippen molar-refractivity contribution >= 4 is 17.5 Å². The summed E-state index contributed by atoms with van der Waals surface area (Å²) in [5, 5.41) is 13.7. The molecule has 0 amide bonds. The van der Waals surface area contributed by atoms with Gasteiger partial charge in [0.05, 0.1) is 0 Å². The molecule has 0 heterocycles. The smallest absolute Gasteiger partial charge is 0.118 e. The summed E-state index contributed by atoms with van der Waals surface area (Å²) in [6, 6.07) is 14.2. The maximum Gasteiger partial charge on any atom is 0.118 e. The number of hydrogen-bond acceptors (Lipinski definition) is 2. The Morgan fingerprint density at radius 1 is 1.11 bits per heavy atom. The second-order valence-electron chi connectivity index (χ2n) is 7.99. The molecule has 3 rings (SSSR count). The van der Waals surface area contributed by atoms with E-state index in [-0.39, 0.29) is 0 Å². The summed E-state index contributed by atoms with van der Waals surface area (Å²) in [7, 11) is 0. The van der Waals surface area contributed by atoms with Gasteiger partial charge in [0.2, 0.25) is 0 Å². The highest BCUT2D eigenvalue weighted by molar-refractivity contribution is 5.63. The number of rotatable bonds is 6. The van der Waals surface area contributed by atoms with Crippen LogP contribution >= 0.6 is 0 Å². The summed E-state index contributed by atoms with van der Waals surface area (Å²) in [5.41, 5.74) is 5.67. The molecule has 1 saturated carbocycles. The topological polar surface area (TPSA) is 32.3 Å². The van der Waals surface area contributed by atoms with E-state index >= 15 is 0 Å². The molecule has 2 heteroatoms. The number of allylic oxidation sites excluding steroid dienone is 2. The maximum absolute atomic E-state index is 10.3. The lowest BCUT2D eigenvalue weighted by Gasteiger charge is -2.28. The van der Waals surface area contributed by atoms with Crippen LogP contribution in [0.1, 0.15) is 50.7 Å². The minimum Gasteiger partial charge on any atom is -0.508 e. The molecule has 1 aliphatic carbocycles. The first kappa shape index (κ1) is 19.3. The van der Waals surface area contributed by atoms with E-state index in [1.807, 2.05) is 19.1 Å². The molecule has 0 aliphatic heterocycles. The van der Waals surface area contributed by atoms with Crippen LogP contribution in [0.4, 0.5) is 11.4 Å². The molecular formula is C25H31NO. The van der Waals surface area contributed by atoms with E-state index in [1.54, 1.807) is 6.07 Å². The van der Waals surface area contributed by atoms with Gasteiger partial charge in [0.25, 0.3) is 0 Å². The number of hydrogen-bond donors (Lipinski definition) is 2. The van der Waals surface area contributed by atoms with Crippen LogP contribution in [0.5, 0.6) is 5.75 Å². The highest BCUT2D eigenvalue weighted by Crippen LogP contribution is 2.35. The van der Waals surface area contributed by atoms with Gasteiger partial charge in [0, 0.05) is 11.4 Å². The van der Waals surface area contributed by atoms with Gasteiger partial charge in [-0.2, -0.15) is 0 Å². The molecule has 0 spiro atoms. The van der Waals surface area contributed by atoms with Gasteiger partial charge < -0.3 is 10.4 Å². The fourth-order valence-corrected chi connectivity index (χ4v) is 4.20. The van der Waals surface area contributed by atoms with Crippen molar-refractivity contribution in [2.24, 2.45) is 11.8 Å². The fraction of sp³-hybridized carbons (Fsp3) is 0.360. The lowest BCUT2D eigenvalue weighted by atomic mass is 9.77. The normalized spacial score (nSPS) is 20.1. The van der Waals surface area contributed by atoms with Crippen LogP contribution in [0.2, 0.25) is 0 Å². The molecule has 1 aliphatic rings. The van der Waals surface area contributed by atoms with Crippen LogP contribution in [-0.2, 0) is 6.42 Å². The quantitative estimate of drug-likeness (QED) is 0.425. The number of phenolic OH excluding ortho intramolecular Hbond substituents is 1. The van der Waals surface area contributed by atoms with E-state index in [2.05, 4.69) is 55.2 Å². The molecule has 0 saturated heterocycles. The molecule has 27 heavy (non-hydrogen) atoms.